The first-order valence-corrected chi connectivity index (χ1v) is 13.9. The molecule has 3 aromatic heterocycles. The standard InChI is InChI=1S/C29H37N7O2/c1-19(2)27-24-17-22(21-6-10-35(11-7-21)26(37)8-9-34-12-14-38-15-13-34)4-5-25(24)30-28(27)23-16-20(3)29-31-32-33-36(29)18-23/h4-5,16-19,21,30H,6-15H2,1-3H3. The third-order valence-corrected chi connectivity index (χ3v) is 8.27. The Morgan fingerprint density at radius 2 is 1.92 bits per heavy atom. The summed E-state index contributed by atoms with van der Waals surface area (Å²) in [4.78, 5) is 21.0. The van der Waals surface area contributed by atoms with Crippen LogP contribution in [-0.4, -0.2) is 86.7 Å². The number of hydrogen-bond donors (Lipinski definition) is 1. The third kappa shape index (κ3) is 4.80. The van der Waals surface area contributed by atoms with E-state index in [2.05, 4.69) is 68.4 Å². The summed E-state index contributed by atoms with van der Waals surface area (Å²) < 4.78 is 7.17. The van der Waals surface area contributed by atoms with Gasteiger partial charge in [-0.2, -0.15) is 4.52 Å². The number of pyridine rings is 1. The van der Waals surface area contributed by atoms with E-state index < -0.39 is 0 Å². The van der Waals surface area contributed by atoms with Crippen LogP contribution in [0.5, 0.6) is 0 Å². The first kappa shape index (κ1) is 25.0. The number of aryl methyl sites for hydroxylation is 1. The highest BCUT2D eigenvalue weighted by molar-refractivity contribution is 5.92. The molecule has 2 fully saturated rings. The van der Waals surface area contributed by atoms with Gasteiger partial charge in [-0.3, -0.25) is 9.69 Å². The molecule has 0 atom stereocenters. The highest BCUT2D eigenvalue weighted by atomic mass is 16.5. The van der Waals surface area contributed by atoms with E-state index >= 15 is 0 Å². The van der Waals surface area contributed by atoms with Crippen molar-refractivity contribution in [1.29, 1.82) is 0 Å². The average Bonchev–Trinajstić information content (AvgIpc) is 3.57. The fourth-order valence-corrected chi connectivity index (χ4v) is 6.15. The molecule has 1 aromatic carbocycles. The van der Waals surface area contributed by atoms with E-state index in [1.807, 2.05) is 13.1 Å². The van der Waals surface area contributed by atoms with Crippen LogP contribution in [0, 0.1) is 6.92 Å². The summed E-state index contributed by atoms with van der Waals surface area (Å²) in [5.74, 6) is 1.11. The van der Waals surface area contributed by atoms with Gasteiger partial charge in [0.1, 0.15) is 0 Å². The number of fused-ring (bicyclic) bond motifs is 2. The lowest BCUT2D eigenvalue weighted by Crippen LogP contribution is -2.41. The number of carbonyl (C=O) groups is 1. The maximum atomic E-state index is 12.9. The zero-order valence-electron chi connectivity index (χ0n) is 22.6. The number of amides is 1. The predicted octanol–water partition coefficient (Wildman–Crippen LogP) is 4.13. The van der Waals surface area contributed by atoms with Crippen molar-refractivity contribution in [3.05, 3.63) is 47.2 Å². The molecule has 4 aromatic rings. The number of H-pyrrole nitrogens is 1. The van der Waals surface area contributed by atoms with Gasteiger partial charge >= 0.3 is 0 Å². The fraction of sp³-hybridized carbons (Fsp3) is 0.517. The molecule has 9 nitrogen and oxygen atoms in total. The van der Waals surface area contributed by atoms with Crippen molar-refractivity contribution in [2.45, 2.75) is 51.9 Å². The van der Waals surface area contributed by atoms with Gasteiger partial charge in [-0.25, -0.2) is 0 Å². The lowest BCUT2D eigenvalue weighted by atomic mass is 9.87. The molecule has 0 aliphatic carbocycles. The van der Waals surface area contributed by atoms with Crippen molar-refractivity contribution in [2.75, 3.05) is 45.9 Å². The van der Waals surface area contributed by atoms with E-state index in [9.17, 15) is 4.79 Å². The molecule has 5 heterocycles. The SMILES string of the molecule is Cc1cc(-c2[nH]c3ccc(C4CCN(C(=O)CCN5CCOCC5)CC4)cc3c2C(C)C)cn2nnnc12. The number of aromatic amines is 1. The van der Waals surface area contributed by atoms with Crippen LogP contribution in [0.4, 0.5) is 0 Å². The van der Waals surface area contributed by atoms with Gasteiger partial charge in [0.15, 0.2) is 5.65 Å². The molecule has 0 radical (unpaired) electrons. The number of nitrogens with zero attached hydrogens (tertiary/aromatic N) is 6. The van der Waals surface area contributed by atoms with Gasteiger partial charge in [-0.1, -0.05) is 19.9 Å². The molecule has 2 aliphatic rings. The van der Waals surface area contributed by atoms with E-state index in [1.54, 1.807) is 4.52 Å². The van der Waals surface area contributed by atoms with Crippen molar-refractivity contribution < 1.29 is 9.53 Å². The van der Waals surface area contributed by atoms with Gasteiger partial charge in [0.2, 0.25) is 5.91 Å². The number of aromatic nitrogens is 5. The Morgan fingerprint density at radius 1 is 1.13 bits per heavy atom. The smallest absolute Gasteiger partial charge is 0.223 e. The quantitative estimate of drug-likeness (QED) is 0.415. The van der Waals surface area contributed by atoms with Crippen molar-refractivity contribution in [3.63, 3.8) is 0 Å². The molecule has 0 saturated carbocycles. The topological polar surface area (TPSA) is 91.7 Å². The maximum absolute atomic E-state index is 12.9. The molecule has 9 heteroatoms. The van der Waals surface area contributed by atoms with Gasteiger partial charge < -0.3 is 14.6 Å². The Morgan fingerprint density at radius 3 is 2.68 bits per heavy atom. The van der Waals surface area contributed by atoms with Crippen LogP contribution in [0.25, 0.3) is 27.8 Å². The number of ether oxygens (including phenoxy) is 1. The minimum absolute atomic E-state index is 0.289. The highest BCUT2D eigenvalue weighted by Gasteiger charge is 2.26. The second-order valence-electron chi connectivity index (χ2n) is 11.1. The van der Waals surface area contributed by atoms with Crippen molar-refractivity contribution >= 4 is 22.5 Å². The number of hydrogen-bond acceptors (Lipinski definition) is 6. The Labute approximate surface area is 223 Å². The van der Waals surface area contributed by atoms with Gasteiger partial charge in [0, 0.05) is 61.8 Å². The number of carbonyl (C=O) groups excluding carboxylic acids is 1. The van der Waals surface area contributed by atoms with E-state index in [1.165, 1.54) is 16.5 Å². The molecule has 1 N–H and O–H groups in total. The van der Waals surface area contributed by atoms with Gasteiger partial charge in [0.25, 0.3) is 0 Å². The maximum Gasteiger partial charge on any atom is 0.223 e. The van der Waals surface area contributed by atoms with Crippen LogP contribution in [0.1, 0.15) is 61.6 Å². The number of piperidine rings is 1. The molecule has 2 saturated heterocycles. The van der Waals surface area contributed by atoms with Crippen molar-refractivity contribution in [2.24, 2.45) is 0 Å². The van der Waals surface area contributed by atoms with Crippen molar-refractivity contribution in [1.82, 2.24) is 34.8 Å². The lowest BCUT2D eigenvalue weighted by molar-refractivity contribution is -0.132. The van der Waals surface area contributed by atoms with E-state index in [4.69, 9.17) is 4.74 Å². The van der Waals surface area contributed by atoms with Crippen LogP contribution < -0.4 is 0 Å². The summed E-state index contributed by atoms with van der Waals surface area (Å²) in [5, 5.41) is 13.4. The molecule has 6 rings (SSSR count). The largest absolute Gasteiger partial charge is 0.379 e. The Kier molecular flexibility index (Phi) is 6.88. The highest BCUT2D eigenvalue weighted by Crippen LogP contribution is 2.38. The first-order valence-electron chi connectivity index (χ1n) is 13.9. The predicted molar refractivity (Wildman–Crippen MR) is 147 cm³/mol. The molecule has 38 heavy (non-hydrogen) atoms. The molecular weight excluding hydrogens is 478 g/mol. The van der Waals surface area contributed by atoms with Gasteiger partial charge in [-0.05, 0) is 76.9 Å². The Hall–Kier alpha value is -3.30. The number of nitrogens with one attached hydrogen (secondary N) is 1. The van der Waals surface area contributed by atoms with Crippen LogP contribution in [-0.2, 0) is 9.53 Å². The molecular formula is C29H37N7O2. The molecule has 1 amide bonds. The molecule has 0 bridgehead atoms. The number of morpholine rings is 1. The number of likely N-dealkylation sites (tertiary alicyclic amines) is 1. The summed E-state index contributed by atoms with van der Waals surface area (Å²) in [5.41, 5.74) is 7.90. The summed E-state index contributed by atoms with van der Waals surface area (Å²) >= 11 is 0. The molecule has 0 unspecified atom stereocenters. The fourth-order valence-electron chi connectivity index (χ4n) is 6.15. The summed E-state index contributed by atoms with van der Waals surface area (Å²) in [6.07, 6.45) is 4.64. The first-order chi connectivity index (χ1) is 18.5. The average molecular weight is 516 g/mol. The number of benzene rings is 1. The van der Waals surface area contributed by atoms with E-state index in [0.29, 0.717) is 18.3 Å². The zero-order chi connectivity index (χ0) is 26.2. The van der Waals surface area contributed by atoms with E-state index in [-0.39, 0.29) is 5.91 Å². The molecule has 200 valence electrons. The molecule has 2 aliphatic heterocycles. The lowest BCUT2D eigenvalue weighted by Gasteiger charge is -2.33. The second kappa shape index (κ2) is 10.5. The van der Waals surface area contributed by atoms with E-state index in [0.717, 1.165) is 86.8 Å². The van der Waals surface area contributed by atoms with Crippen LogP contribution in [0.15, 0.2) is 30.5 Å². The monoisotopic (exact) mass is 515 g/mol. The Balaban J connectivity index is 1.19. The Bertz CT molecular complexity index is 1440. The second-order valence-corrected chi connectivity index (χ2v) is 11.1. The third-order valence-electron chi connectivity index (χ3n) is 8.27. The van der Waals surface area contributed by atoms with Crippen LogP contribution in [0.3, 0.4) is 0 Å². The summed E-state index contributed by atoms with van der Waals surface area (Å²) in [7, 11) is 0. The van der Waals surface area contributed by atoms with Crippen LogP contribution in [0.2, 0.25) is 0 Å². The van der Waals surface area contributed by atoms with Crippen molar-refractivity contribution in [3.8, 4) is 11.3 Å². The minimum atomic E-state index is 0.289. The normalized spacial score (nSPS) is 17.7. The minimum Gasteiger partial charge on any atom is -0.379 e. The number of tetrazole rings is 1. The van der Waals surface area contributed by atoms with Gasteiger partial charge in [0.05, 0.1) is 18.9 Å². The summed E-state index contributed by atoms with van der Waals surface area (Å²) in [6, 6.07) is 9.04. The summed E-state index contributed by atoms with van der Waals surface area (Å²) in [6.45, 7) is 12.5. The van der Waals surface area contributed by atoms with Gasteiger partial charge in [-0.15, -0.1) is 5.10 Å². The molecule has 0 spiro atoms. The zero-order valence-corrected chi connectivity index (χ0v) is 22.6. The van der Waals surface area contributed by atoms with Crippen LogP contribution >= 0.6 is 0 Å². The number of rotatable bonds is 6.